The second-order valence-corrected chi connectivity index (χ2v) is 7.32. The second kappa shape index (κ2) is 12.6. The van der Waals surface area contributed by atoms with E-state index in [1.165, 1.54) is 12.0 Å². The number of piperidine rings is 1. The molecule has 7 heteroatoms. The maximum Gasteiger partial charge on any atom is 0.225 e. The van der Waals surface area contributed by atoms with Crippen molar-refractivity contribution in [3.8, 4) is 0 Å². The topological polar surface area (TPSA) is 44.8 Å². The van der Waals surface area contributed by atoms with E-state index in [0.717, 1.165) is 45.7 Å². The third-order valence-electron chi connectivity index (χ3n) is 5.24. The van der Waals surface area contributed by atoms with Gasteiger partial charge in [0.05, 0.1) is 19.1 Å². The number of rotatable bonds is 6. The largest absolute Gasteiger partial charge is 0.375 e. The van der Waals surface area contributed by atoms with Crippen LogP contribution in [0.25, 0.3) is 0 Å². The molecule has 0 aliphatic carbocycles. The van der Waals surface area contributed by atoms with Crippen LogP contribution in [0.1, 0.15) is 24.8 Å². The average molecular weight is 418 g/mol. The Bertz CT molecular complexity index is 545. The molecule has 1 aromatic carbocycles. The summed E-state index contributed by atoms with van der Waals surface area (Å²) in [7, 11) is 1.98. The maximum atomic E-state index is 12.7. The van der Waals surface area contributed by atoms with Gasteiger partial charge in [-0.3, -0.25) is 9.69 Å². The summed E-state index contributed by atoms with van der Waals surface area (Å²) < 4.78 is 5.88. The second-order valence-electron chi connectivity index (χ2n) is 7.32. The molecule has 27 heavy (non-hydrogen) atoms. The summed E-state index contributed by atoms with van der Waals surface area (Å²) in [5.41, 5.74) is 1.32. The van der Waals surface area contributed by atoms with Gasteiger partial charge in [-0.1, -0.05) is 30.3 Å². The van der Waals surface area contributed by atoms with Gasteiger partial charge < -0.3 is 15.0 Å². The summed E-state index contributed by atoms with van der Waals surface area (Å²) in [4.78, 5) is 17.1. The zero-order valence-electron chi connectivity index (χ0n) is 16.1. The fraction of sp³-hybridized carbons (Fsp3) is 0.650. The highest BCUT2D eigenvalue weighted by Gasteiger charge is 2.28. The van der Waals surface area contributed by atoms with E-state index in [4.69, 9.17) is 4.74 Å². The van der Waals surface area contributed by atoms with Crippen LogP contribution in [0, 0.1) is 5.92 Å². The first-order valence-corrected chi connectivity index (χ1v) is 9.55. The maximum absolute atomic E-state index is 12.7. The van der Waals surface area contributed by atoms with Crippen molar-refractivity contribution in [1.29, 1.82) is 0 Å². The van der Waals surface area contributed by atoms with Crippen molar-refractivity contribution in [1.82, 2.24) is 15.1 Å². The number of amides is 1. The van der Waals surface area contributed by atoms with E-state index < -0.39 is 0 Å². The van der Waals surface area contributed by atoms with E-state index in [2.05, 4.69) is 34.5 Å². The lowest BCUT2D eigenvalue weighted by atomic mass is 9.97. The molecule has 0 aromatic heterocycles. The Morgan fingerprint density at radius 2 is 1.96 bits per heavy atom. The minimum atomic E-state index is 0. The molecule has 2 aliphatic rings. The van der Waals surface area contributed by atoms with E-state index in [1.54, 1.807) is 0 Å². The summed E-state index contributed by atoms with van der Waals surface area (Å²) in [6.45, 7) is 6.21. The fourth-order valence-electron chi connectivity index (χ4n) is 3.96. The number of hydrogen-bond acceptors (Lipinski definition) is 4. The molecule has 0 spiro atoms. The third kappa shape index (κ3) is 7.59. The number of likely N-dealkylation sites (tertiary alicyclic amines) is 1. The molecule has 2 unspecified atom stereocenters. The summed E-state index contributed by atoms with van der Waals surface area (Å²) in [6, 6.07) is 10.5. The van der Waals surface area contributed by atoms with Crippen molar-refractivity contribution in [3.05, 3.63) is 35.9 Å². The van der Waals surface area contributed by atoms with Crippen LogP contribution in [0.4, 0.5) is 0 Å². The monoisotopic (exact) mass is 417 g/mol. The Labute approximate surface area is 175 Å². The number of nitrogens with zero attached hydrogens (tertiary/aromatic N) is 2. The average Bonchev–Trinajstić information content (AvgIpc) is 2.63. The molecule has 1 N–H and O–H groups in total. The lowest BCUT2D eigenvalue weighted by Crippen LogP contribution is -2.47. The van der Waals surface area contributed by atoms with Crippen molar-refractivity contribution < 1.29 is 9.53 Å². The van der Waals surface area contributed by atoms with Gasteiger partial charge in [0, 0.05) is 32.7 Å². The van der Waals surface area contributed by atoms with E-state index >= 15 is 0 Å². The molecule has 154 valence electrons. The third-order valence-corrected chi connectivity index (χ3v) is 5.24. The van der Waals surface area contributed by atoms with E-state index in [0.29, 0.717) is 18.9 Å². The van der Waals surface area contributed by atoms with Gasteiger partial charge in [-0.25, -0.2) is 0 Å². The van der Waals surface area contributed by atoms with E-state index in [-0.39, 0.29) is 36.8 Å². The minimum absolute atomic E-state index is 0. The molecule has 5 nitrogen and oxygen atoms in total. The first kappa shape index (κ1) is 24.2. The summed E-state index contributed by atoms with van der Waals surface area (Å²) in [6.07, 6.45) is 2.87. The van der Waals surface area contributed by atoms with Gasteiger partial charge in [-0.2, -0.15) is 0 Å². The predicted octanol–water partition coefficient (Wildman–Crippen LogP) is 2.58. The molecule has 0 saturated carbocycles. The predicted molar refractivity (Wildman–Crippen MR) is 114 cm³/mol. The first-order chi connectivity index (χ1) is 12.2. The van der Waals surface area contributed by atoms with E-state index in [1.807, 2.05) is 18.0 Å². The van der Waals surface area contributed by atoms with Crippen LogP contribution in [0.5, 0.6) is 0 Å². The van der Waals surface area contributed by atoms with Crippen molar-refractivity contribution >= 4 is 30.7 Å². The van der Waals surface area contributed by atoms with Gasteiger partial charge >= 0.3 is 0 Å². The fourth-order valence-corrected chi connectivity index (χ4v) is 3.96. The standard InChI is InChI=1S/C20H31N3O2.2ClH/c1-21-13-18-8-5-9-23(15-18)20(24)12-19-16-22(10-11-25-19)14-17-6-3-2-4-7-17;;/h2-4,6-7,18-19,21H,5,8-16H2,1H3;2*1H. The molecule has 2 aliphatic heterocycles. The quantitative estimate of drug-likeness (QED) is 0.772. The van der Waals surface area contributed by atoms with Gasteiger partial charge in [0.15, 0.2) is 0 Å². The summed E-state index contributed by atoms with van der Waals surface area (Å²) in [5.74, 6) is 0.844. The molecular formula is C20H33Cl2N3O2. The highest BCUT2D eigenvalue weighted by Crippen LogP contribution is 2.19. The highest BCUT2D eigenvalue weighted by molar-refractivity contribution is 5.85. The molecule has 3 rings (SSSR count). The lowest BCUT2D eigenvalue weighted by Gasteiger charge is -2.36. The van der Waals surface area contributed by atoms with Gasteiger partial charge in [0.2, 0.25) is 5.91 Å². The summed E-state index contributed by atoms with van der Waals surface area (Å²) >= 11 is 0. The molecule has 2 fully saturated rings. The van der Waals surface area contributed by atoms with Gasteiger partial charge in [-0.05, 0) is 37.9 Å². The molecule has 1 amide bonds. The van der Waals surface area contributed by atoms with Gasteiger partial charge in [-0.15, -0.1) is 24.8 Å². The normalized spacial score (nSPS) is 23.2. The van der Waals surface area contributed by atoms with Gasteiger partial charge in [0.25, 0.3) is 0 Å². The number of carbonyl (C=O) groups is 1. The van der Waals surface area contributed by atoms with Crippen LogP contribution in [0.15, 0.2) is 30.3 Å². The molecule has 2 atom stereocenters. The Hall–Kier alpha value is -0.850. The van der Waals surface area contributed by atoms with Crippen LogP contribution in [-0.4, -0.2) is 68.2 Å². The van der Waals surface area contributed by atoms with Crippen LogP contribution in [0.3, 0.4) is 0 Å². The molecular weight excluding hydrogens is 385 g/mol. The highest BCUT2D eigenvalue weighted by atomic mass is 35.5. The number of ether oxygens (including phenoxy) is 1. The van der Waals surface area contributed by atoms with Crippen LogP contribution < -0.4 is 5.32 Å². The van der Waals surface area contributed by atoms with Crippen LogP contribution >= 0.6 is 24.8 Å². The molecule has 1 aromatic rings. The molecule has 2 heterocycles. The smallest absolute Gasteiger partial charge is 0.225 e. The molecule has 0 radical (unpaired) electrons. The first-order valence-electron chi connectivity index (χ1n) is 9.55. The Balaban J connectivity index is 0.00000182. The Morgan fingerprint density at radius 3 is 2.70 bits per heavy atom. The number of nitrogens with one attached hydrogen (secondary N) is 1. The van der Waals surface area contributed by atoms with Crippen molar-refractivity contribution in [2.75, 3.05) is 46.4 Å². The summed E-state index contributed by atoms with van der Waals surface area (Å²) in [5, 5.41) is 3.24. The molecule has 2 saturated heterocycles. The number of halogens is 2. The number of morpholine rings is 1. The zero-order chi connectivity index (χ0) is 17.5. The minimum Gasteiger partial charge on any atom is -0.375 e. The Kier molecular flexibility index (Phi) is 11.3. The SMILES string of the molecule is CNCC1CCCN(C(=O)CC2CN(Cc3ccccc3)CCO2)C1.Cl.Cl. The number of hydrogen-bond donors (Lipinski definition) is 1. The number of benzene rings is 1. The lowest BCUT2D eigenvalue weighted by molar-refractivity contribution is -0.138. The van der Waals surface area contributed by atoms with Crippen molar-refractivity contribution in [2.45, 2.75) is 31.9 Å². The number of carbonyl (C=O) groups excluding carboxylic acids is 1. The van der Waals surface area contributed by atoms with Crippen molar-refractivity contribution in [2.24, 2.45) is 5.92 Å². The van der Waals surface area contributed by atoms with Crippen LogP contribution in [-0.2, 0) is 16.1 Å². The Morgan fingerprint density at radius 1 is 1.19 bits per heavy atom. The zero-order valence-corrected chi connectivity index (χ0v) is 17.8. The van der Waals surface area contributed by atoms with Gasteiger partial charge in [0.1, 0.15) is 0 Å². The van der Waals surface area contributed by atoms with Crippen LogP contribution in [0.2, 0.25) is 0 Å². The molecule has 0 bridgehead atoms. The van der Waals surface area contributed by atoms with Crippen molar-refractivity contribution in [3.63, 3.8) is 0 Å². The van der Waals surface area contributed by atoms with E-state index in [9.17, 15) is 4.79 Å².